The highest BCUT2D eigenvalue weighted by molar-refractivity contribution is 5.95. The maximum atomic E-state index is 13.0. The Bertz CT molecular complexity index is 756. The summed E-state index contributed by atoms with van der Waals surface area (Å²) in [4.78, 5) is 17.4. The molecule has 0 bridgehead atoms. The van der Waals surface area contributed by atoms with Crippen molar-refractivity contribution in [3.05, 3.63) is 23.8 Å². The molecule has 4 aliphatic rings. The topological polar surface area (TPSA) is 71.5 Å². The summed E-state index contributed by atoms with van der Waals surface area (Å²) in [5.41, 5.74) is 0.763. The van der Waals surface area contributed by atoms with Crippen LogP contribution in [-0.4, -0.2) is 79.1 Å². The molecule has 3 saturated heterocycles. The minimum Gasteiger partial charge on any atom is -0.454 e. The summed E-state index contributed by atoms with van der Waals surface area (Å²) in [5, 5.41) is 10.6. The van der Waals surface area contributed by atoms with Crippen LogP contribution in [0, 0.1) is 5.41 Å². The van der Waals surface area contributed by atoms with Gasteiger partial charge in [0.05, 0.1) is 6.10 Å². The molecule has 4 heterocycles. The van der Waals surface area contributed by atoms with E-state index in [-0.39, 0.29) is 24.2 Å². The van der Waals surface area contributed by atoms with E-state index < -0.39 is 0 Å². The molecule has 158 valence electrons. The van der Waals surface area contributed by atoms with Gasteiger partial charge in [-0.1, -0.05) is 0 Å². The quantitative estimate of drug-likeness (QED) is 0.815. The molecule has 1 spiro atoms. The van der Waals surface area contributed by atoms with Crippen LogP contribution in [0.5, 0.6) is 11.5 Å². The summed E-state index contributed by atoms with van der Waals surface area (Å²) >= 11 is 0. The lowest BCUT2D eigenvalue weighted by Crippen LogP contribution is -2.57. The number of ether oxygens (including phenoxy) is 3. The van der Waals surface area contributed by atoms with Crippen molar-refractivity contribution in [2.24, 2.45) is 5.41 Å². The van der Waals surface area contributed by atoms with Crippen molar-refractivity contribution < 1.29 is 24.1 Å². The molecule has 7 heteroatoms. The highest BCUT2D eigenvalue weighted by Crippen LogP contribution is 2.42. The van der Waals surface area contributed by atoms with Crippen LogP contribution in [0.1, 0.15) is 42.5 Å². The van der Waals surface area contributed by atoms with E-state index in [1.165, 1.54) is 0 Å². The molecule has 1 atom stereocenters. The van der Waals surface area contributed by atoms with Gasteiger partial charge in [0.15, 0.2) is 11.5 Å². The van der Waals surface area contributed by atoms with E-state index in [1.54, 1.807) is 6.07 Å². The van der Waals surface area contributed by atoms with Gasteiger partial charge in [-0.05, 0) is 55.7 Å². The fourth-order valence-electron chi connectivity index (χ4n) is 5.48. The number of aliphatic hydroxyl groups is 1. The van der Waals surface area contributed by atoms with E-state index in [9.17, 15) is 9.90 Å². The Morgan fingerprint density at radius 1 is 1.10 bits per heavy atom. The molecule has 3 fully saturated rings. The van der Waals surface area contributed by atoms with Gasteiger partial charge >= 0.3 is 0 Å². The van der Waals surface area contributed by atoms with Gasteiger partial charge in [-0.2, -0.15) is 0 Å². The number of fused-ring (bicyclic) bond motifs is 1. The molecular weight excluding hydrogens is 372 g/mol. The predicted octanol–water partition coefficient (Wildman–Crippen LogP) is 1.88. The predicted molar refractivity (Wildman–Crippen MR) is 106 cm³/mol. The molecule has 7 nitrogen and oxygen atoms in total. The van der Waals surface area contributed by atoms with Gasteiger partial charge in [0, 0.05) is 51.0 Å². The van der Waals surface area contributed by atoms with Crippen molar-refractivity contribution in [2.45, 2.75) is 44.2 Å². The van der Waals surface area contributed by atoms with Crippen molar-refractivity contribution in [2.75, 3.05) is 46.2 Å². The van der Waals surface area contributed by atoms with Gasteiger partial charge in [-0.25, -0.2) is 0 Å². The van der Waals surface area contributed by atoms with E-state index in [2.05, 4.69) is 4.90 Å². The van der Waals surface area contributed by atoms with Gasteiger partial charge in [-0.15, -0.1) is 0 Å². The average Bonchev–Trinajstić information content (AvgIpc) is 3.22. The lowest BCUT2D eigenvalue weighted by atomic mass is 9.71. The molecule has 1 aromatic carbocycles. The second-order valence-electron chi connectivity index (χ2n) is 8.99. The first-order valence-corrected chi connectivity index (χ1v) is 10.8. The van der Waals surface area contributed by atoms with Gasteiger partial charge in [0.2, 0.25) is 6.79 Å². The first-order chi connectivity index (χ1) is 14.1. The minimum atomic E-state index is -0.275. The molecule has 5 rings (SSSR count). The number of carbonyl (C=O) groups excluding carboxylic acids is 1. The van der Waals surface area contributed by atoms with Crippen molar-refractivity contribution in [3.8, 4) is 11.5 Å². The Balaban J connectivity index is 1.23. The van der Waals surface area contributed by atoms with Crippen LogP contribution in [0.4, 0.5) is 0 Å². The number of piperidine rings is 2. The van der Waals surface area contributed by atoms with E-state index in [4.69, 9.17) is 14.2 Å². The number of nitrogens with zero attached hydrogens (tertiary/aromatic N) is 2. The van der Waals surface area contributed by atoms with Crippen LogP contribution in [-0.2, 0) is 4.74 Å². The SMILES string of the molecule is O=C(c1ccc2c(c1)OCO2)N1CCC2(CC1)CC(O)CN(C1CCOCC1)C2. The molecule has 0 radical (unpaired) electrons. The standard InChI is InChI=1S/C22H30N2O5/c25-18-12-22(14-24(13-18)17-3-9-27-10-4-17)5-7-23(8-6-22)21(26)16-1-2-19-20(11-16)29-15-28-19/h1-2,11,17-18,25H,3-10,12-15H2. The van der Waals surface area contributed by atoms with E-state index in [1.807, 2.05) is 17.0 Å². The van der Waals surface area contributed by atoms with Crippen LogP contribution in [0.2, 0.25) is 0 Å². The third-order valence-electron chi connectivity index (χ3n) is 7.09. The Kier molecular flexibility index (Phi) is 5.14. The summed E-state index contributed by atoms with van der Waals surface area (Å²) in [7, 11) is 0. The molecule has 4 aliphatic heterocycles. The van der Waals surface area contributed by atoms with Crippen molar-refractivity contribution in [3.63, 3.8) is 0 Å². The number of benzene rings is 1. The highest BCUT2D eigenvalue weighted by Gasteiger charge is 2.44. The third kappa shape index (κ3) is 3.83. The Morgan fingerprint density at radius 2 is 1.86 bits per heavy atom. The maximum absolute atomic E-state index is 13.0. The van der Waals surface area contributed by atoms with E-state index >= 15 is 0 Å². The first-order valence-electron chi connectivity index (χ1n) is 10.8. The fourth-order valence-corrected chi connectivity index (χ4v) is 5.48. The number of hydrogen-bond donors (Lipinski definition) is 1. The van der Waals surface area contributed by atoms with E-state index in [0.29, 0.717) is 23.1 Å². The summed E-state index contributed by atoms with van der Waals surface area (Å²) in [6, 6.07) is 5.93. The number of β-amino-alcohol motifs (C(OH)–C–C–N with tert-alkyl or cyclic N) is 1. The van der Waals surface area contributed by atoms with Crippen LogP contribution in [0.15, 0.2) is 18.2 Å². The molecule has 1 unspecified atom stereocenters. The summed E-state index contributed by atoms with van der Waals surface area (Å²) in [6.07, 6.45) is 4.57. The number of amides is 1. The van der Waals surface area contributed by atoms with Crippen molar-refractivity contribution in [1.82, 2.24) is 9.80 Å². The van der Waals surface area contributed by atoms with Gasteiger partial charge in [0.1, 0.15) is 0 Å². The average molecular weight is 402 g/mol. The van der Waals surface area contributed by atoms with Gasteiger partial charge in [-0.3, -0.25) is 9.69 Å². The smallest absolute Gasteiger partial charge is 0.253 e. The number of hydrogen-bond acceptors (Lipinski definition) is 6. The van der Waals surface area contributed by atoms with Crippen LogP contribution >= 0.6 is 0 Å². The second-order valence-corrected chi connectivity index (χ2v) is 8.99. The zero-order valence-electron chi connectivity index (χ0n) is 16.8. The van der Waals surface area contributed by atoms with Gasteiger partial charge in [0.25, 0.3) is 5.91 Å². The molecule has 1 aromatic rings. The monoisotopic (exact) mass is 402 g/mol. The number of likely N-dealkylation sites (tertiary alicyclic amines) is 2. The molecule has 1 N–H and O–H groups in total. The summed E-state index contributed by atoms with van der Waals surface area (Å²) in [6.45, 7) is 5.13. The lowest BCUT2D eigenvalue weighted by molar-refractivity contribution is -0.0695. The zero-order valence-corrected chi connectivity index (χ0v) is 16.8. The molecule has 0 saturated carbocycles. The fraction of sp³-hybridized carbons (Fsp3) is 0.682. The normalized spacial score (nSPS) is 27.3. The Morgan fingerprint density at radius 3 is 2.66 bits per heavy atom. The number of carbonyl (C=O) groups is 1. The van der Waals surface area contributed by atoms with Crippen LogP contribution < -0.4 is 9.47 Å². The Labute approximate surface area is 171 Å². The van der Waals surface area contributed by atoms with Crippen LogP contribution in [0.3, 0.4) is 0 Å². The van der Waals surface area contributed by atoms with Gasteiger partial charge < -0.3 is 24.2 Å². The molecule has 0 aliphatic carbocycles. The van der Waals surface area contributed by atoms with E-state index in [0.717, 1.165) is 71.5 Å². The molecule has 29 heavy (non-hydrogen) atoms. The largest absolute Gasteiger partial charge is 0.454 e. The number of rotatable bonds is 2. The second kappa shape index (κ2) is 7.78. The minimum absolute atomic E-state index is 0.0517. The molecule has 0 aromatic heterocycles. The third-order valence-corrected chi connectivity index (χ3v) is 7.09. The van der Waals surface area contributed by atoms with Crippen LogP contribution in [0.25, 0.3) is 0 Å². The Hall–Kier alpha value is -1.83. The summed E-state index contributed by atoms with van der Waals surface area (Å²) in [5.74, 6) is 1.39. The van der Waals surface area contributed by atoms with Crippen molar-refractivity contribution >= 4 is 5.91 Å². The van der Waals surface area contributed by atoms with Crippen molar-refractivity contribution in [1.29, 1.82) is 0 Å². The summed E-state index contributed by atoms with van der Waals surface area (Å²) < 4.78 is 16.3. The number of aliphatic hydroxyl groups excluding tert-OH is 1. The first kappa shape index (κ1) is 19.2. The lowest BCUT2D eigenvalue weighted by Gasteiger charge is -2.51. The zero-order chi connectivity index (χ0) is 19.8. The molecular formula is C22H30N2O5. The highest BCUT2D eigenvalue weighted by atomic mass is 16.7. The molecule has 1 amide bonds. The maximum Gasteiger partial charge on any atom is 0.253 e.